The molecule has 0 bridgehead atoms. The molecule has 0 aromatic heterocycles. The molecular formula is C26H46N2O2. The molecule has 0 aromatic rings. The van der Waals surface area contributed by atoms with E-state index < -0.39 is 0 Å². The van der Waals surface area contributed by atoms with E-state index in [4.69, 9.17) is 4.74 Å². The van der Waals surface area contributed by atoms with Crippen LogP contribution in [0.25, 0.3) is 0 Å². The van der Waals surface area contributed by atoms with Crippen LogP contribution in [0.3, 0.4) is 0 Å². The highest BCUT2D eigenvalue weighted by Gasteiger charge is 2.51. The molecule has 30 heavy (non-hydrogen) atoms. The molecule has 1 saturated carbocycles. The van der Waals surface area contributed by atoms with Crippen LogP contribution < -0.4 is 5.32 Å². The van der Waals surface area contributed by atoms with Gasteiger partial charge in [0.25, 0.3) is 0 Å². The van der Waals surface area contributed by atoms with Gasteiger partial charge in [0.2, 0.25) is 0 Å². The van der Waals surface area contributed by atoms with Crippen molar-refractivity contribution in [2.75, 3.05) is 32.7 Å². The topological polar surface area (TPSA) is 41.6 Å². The third-order valence-corrected chi connectivity index (χ3v) is 7.93. The summed E-state index contributed by atoms with van der Waals surface area (Å²) in [5.41, 5.74) is 1.86. The van der Waals surface area contributed by atoms with Crippen LogP contribution in [0, 0.1) is 23.2 Å². The summed E-state index contributed by atoms with van der Waals surface area (Å²) in [5, 5.41) is 3.59. The number of rotatable bonds is 12. The molecule has 0 spiro atoms. The first-order valence-electron chi connectivity index (χ1n) is 12.8. The Kier molecular flexibility index (Phi) is 8.82. The molecule has 2 aliphatic carbocycles. The monoisotopic (exact) mass is 418 g/mol. The molecule has 1 aliphatic heterocycles. The van der Waals surface area contributed by atoms with E-state index in [0.717, 1.165) is 32.5 Å². The lowest BCUT2D eigenvalue weighted by Crippen LogP contribution is -2.40. The van der Waals surface area contributed by atoms with Gasteiger partial charge < -0.3 is 15.0 Å². The van der Waals surface area contributed by atoms with Crippen LogP contribution in [0.2, 0.25) is 0 Å². The van der Waals surface area contributed by atoms with E-state index in [1.54, 1.807) is 5.57 Å². The number of hydrogen-bond donors (Lipinski definition) is 1. The Morgan fingerprint density at radius 3 is 2.57 bits per heavy atom. The summed E-state index contributed by atoms with van der Waals surface area (Å²) in [4.78, 5) is 15.3. The van der Waals surface area contributed by atoms with Crippen LogP contribution >= 0.6 is 0 Å². The molecule has 0 amide bonds. The quantitative estimate of drug-likeness (QED) is 0.269. The molecule has 0 unspecified atom stereocenters. The number of ether oxygens (including phenoxy) is 1. The summed E-state index contributed by atoms with van der Waals surface area (Å²) in [5.74, 6) is 0.958. The number of unbranched alkanes of at least 4 members (excludes halogenated alkanes) is 2. The highest BCUT2D eigenvalue weighted by molar-refractivity contribution is 5.76. The third kappa shape index (κ3) is 5.68. The maximum absolute atomic E-state index is 12.6. The average Bonchev–Trinajstić information content (AvgIpc) is 3.01. The molecule has 1 N–H and O–H groups in total. The van der Waals surface area contributed by atoms with Crippen LogP contribution in [-0.4, -0.2) is 49.7 Å². The van der Waals surface area contributed by atoms with Crippen LogP contribution in [-0.2, 0) is 9.53 Å². The van der Waals surface area contributed by atoms with E-state index in [2.05, 4.69) is 44.0 Å². The van der Waals surface area contributed by atoms with Gasteiger partial charge >= 0.3 is 5.97 Å². The zero-order chi connectivity index (χ0) is 21.6. The maximum Gasteiger partial charge on any atom is 0.311 e. The van der Waals surface area contributed by atoms with Crippen LogP contribution in [0.15, 0.2) is 11.6 Å². The zero-order valence-electron chi connectivity index (χ0n) is 20.0. The van der Waals surface area contributed by atoms with Crippen molar-refractivity contribution in [1.82, 2.24) is 10.2 Å². The van der Waals surface area contributed by atoms with Crippen molar-refractivity contribution in [3.05, 3.63) is 11.6 Å². The van der Waals surface area contributed by atoms with Crippen molar-refractivity contribution >= 4 is 5.97 Å². The van der Waals surface area contributed by atoms with Gasteiger partial charge in [-0.1, -0.05) is 58.6 Å². The largest absolute Gasteiger partial charge is 0.461 e. The molecule has 1 heterocycles. The van der Waals surface area contributed by atoms with Gasteiger partial charge in [0.1, 0.15) is 6.10 Å². The minimum Gasteiger partial charge on any atom is -0.461 e. The van der Waals surface area contributed by atoms with Crippen molar-refractivity contribution in [3.8, 4) is 0 Å². The number of carbonyl (C=O) groups excluding carboxylic acids is 1. The van der Waals surface area contributed by atoms with E-state index in [0.29, 0.717) is 5.92 Å². The molecule has 4 heteroatoms. The van der Waals surface area contributed by atoms with E-state index in [9.17, 15) is 4.79 Å². The Labute approximate surface area is 185 Å². The summed E-state index contributed by atoms with van der Waals surface area (Å²) in [6.07, 6.45) is 13.7. The summed E-state index contributed by atoms with van der Waals surface area (Å²) < 4.78 is 5.88. The van der Waals surface area contributed by atoms with Gasteiger partial charge in [0.15, 0.2) is 0 Å². The normalized spacial score (nSPS) is 33.2. The number of nitrogens with zero attached hydrogens (tertiary/aromatic N) is 1. The third-order valence-electron chi connectivity index (χ3n) is 7.93. The van der Waals surface area contributed by atoms with E-state index in [1.807, 2.05) is 0 Å². The zero-order valence-corrected chi connectivity index (χ0v) is 20.0. The Bertz CT molecular complexity index is 582. The highest BCUT2D eigenvalue weighted by atomic mass is 16.6. The van der Waals surface area contributed by atoms with Crippen molar-refractivity contribution in [1.29, 1.82) is 0 Å². The molecule has 3 rings (SSSR count). The first-order chi connectivity index (χ1) is 14.5. The van der Waals surface area contributed by atoms with Crippen molar-refractivity contribution < 1.29 is 9.53 Å². The number of esters is 1. The molecule has 0 aromatic carbocycles. The first kappa shape index (κ1) is 23.8. The fraction of sp³-hybridized carbons (Fsp3) is 0.885. The second kappa shape index (κ2) is 11.1. The molecule has 5 atom stereocenters. The minimum atomic E-state index is -0.00235. The lowest BCUT2D eigenvalue weighted by molar-refractivity contribution is -0.145. The second-order valence-corrected chi connectivity index (χ2v) is 10.4. The molecule has 0 radical (unpaired) electrons. The fourth-order valence-electron chi connectivity index (χ4n) is 6.07. The van der Waals surface area contributed by atoms with Gasteiger partial charge in [0.05, 0.1) is 5.92 Å². The first-order valence-corrected chi connectivity index (χ1v) is 12.8. The van der Waals surface area contributed by atoms with Crippen LogP contribution in [0.4, 0.5) is 0 Å². The smallest absolute Gasteiger partial charge is 0.311 e. The lowest BCUT2D eigenvalue weighted by atomic mass is 9.59. The Hall–Kier alpha value is -0.870. The second-order valence-electron chi connectivity index (χ2n) is 10.4. The van der Waals surface area contributed by atoms with Gasteiger partial charge in [-0.2, -0.15) is 0 Å². The fourth-order valence-corrected chi connectivity index (χ4v) is 6.07. The van der Waals surface area contributed by atoms with Crippen molar-refractivity contribution in [3.63, 3.8) is 0 Å². The van der Waals surface area contributed by atoms with E-state index in [1.165, 1.54) is 58.0 Å². The van der Waals surface area contributed by atoms with Crippen LogP contribution in [0.5, 0.6) is 0 Å². The summed E-state index contributed by atoms with van der Waals surface area (Å²) in [7, 11) is 0. The summed E-state index contributed by atoms with van der Waals surface area (Å²) in [6.45, 7) is 14.7. The number of carbonyl (C=O) groups is 1. The van der Waals surface area contributed by atoms with Crippen molar-refractivity contribution in [2.45, 2.75) is 91.6 Å². The number of fused-ring (bicyclic) bond motifs is 2. The molecular weight excluding hydrogens is 372 g/mol. The average molecular weight is 419 g/mol. The minimum absolute atomic E-state index is 0.00235. The molecule has 172 valence electrons. The number of allylic oxidation sites excluding steroid dienone is 1. The predicted molar refractivity (Wildman–Crippen MR) is 124 cm³/mol. The maximum atomic E-state index is 12.6. The van der Waals surface area contributed by atoms with Gasteiger partial charge in [-0.3, -0.25) is 4.79 Å². The van der Waals surface area contributed by atoms with E-state index >= 15 is 0 Å². The Balaban J connectivity index is 1.48. The SMILES string of the molecule is CCCCN(CCCC)CCCNC[C@H]1C(=O)O[C@H]2C[C@@]3(C)CCC[C@@H](C)C3=C[C@@H]21. The van der Waals surface area contributed by atoms with Gasteiger partial charge in [-0.05, 0) is 76.0 Å². The van der Waals surface area contributed by atoms with Crippen molar-refractivity contribution in [2.24, 2.45) is 23.2 Å². The van der Waals surface area contributed by atoms with Crippen LogP contribution in [0.1, 0.15) is 85.5 Å². The standard InChI is InChI=1S/C26H46N2O2/c1-5-7-14-28(15-8-6-2)16-10-13-27-19-22-21-17-23-20(3)11-9-12-26(23,4)18-24(21)30-25(22)29/h17,20-22,24,27H,5-16,18-19H2,1-4H3/t20-,21-,22-,24+,26-/m1/s1. The lowest BCUT2D eigenvalue weighted by Gasteiger charge is -2.46. The van der Waals surface area contributed by atoms with E-state index in [-0.39, 0.29) is 29.3 Å². The Morgan fingerprint density at radius 2 is 1.87 bits per heavy atom. The number of hydrogen-bond acceptors (Lipinski definition) is 4. The number of nitrogens with one attached hydrogen (secondary N) is 1. The predicted octanol–water partition coefficient (Wildman–Crippen LogP) is 5.18. The highest BCUT2D eigenvalue weighted by Crippen LogP contribution is 2.53. The van der Waals surface area contributed by atoms with Gasteiger partial charge in [0, 0.05) is 12.5 Å². The Morgan fingerprint density at radius 1 is 1.17 bits per heavy atom. The summed E-state index contributed by atoms with van der Waals surface area (Å²) in [6, 6.07) is 0. The van der Waals surface area contributed by atoms with Gasteiger partial charge in [-0.15, -0.1) is 0 Å². The summed E-state index contributed by atoms with van der Waals surface area (Å²) >= 11 is 0. The van der Waals surface area contributed by atoms with Gasteiger partial charge in [-0.25, -0.2) is 0 Å². The molecule has 2 fully saturated rings. The molecule has 1 saturated heterocycles. The molecule has 4 nitrogen and oxygen atoms in total. The molecule has 3 aliphatic rings.